The standard InChI is InChI=1S/C19H25N5OS/c1-22(2)17-5-8-20-19(21-17)24-9-3-4-15(13-24)18(25)23-10-6-16-14(12-23)7-11-26-16/h5,7-8,11,15H,3-4,6,9-10,12-13H2,1-2H3. The third-order valence-electron chi connectivity index (χ3n) is 5.26. The molecule has 1 fully saturated rings. The van der Waals surface area contributed by atoms with Crippen LogP contribution in [0, 0.1) is 5.92 Å². The van der Waals surface area contributed by atoms with Gasteiger partial charge in [-0.05, 0) is 42.3 Å². The smallest absolute Gasteiger partial charge is 0.227 e. The topological polar surface area (TPSA) is 52.6 Å². The number of carbonyl (C=O) groups excluding carboxylic acids is 1. The van der Waals surface area contributed by atoms with Crippen LogP contribution in [0.4, 0.5) is 11.8 Å². The molecule has 0 aromatic carbocycles. The number of nitrogens with zero attached hydrogens (tertiary/aromatic N) is 5. The van der Waals surface area contributed by atoms with Crippen molar-refractivity contribution in [1.29, 1.82) is 0 Å². The predicted octanol–water partition coefficient (Wildman–Crippen LogP) is 2.41. The largest absolute Gasteiger partial charge is 0.363 e. The molecule has 2 aliphatic rings. The molecule has 2 aromatic rings. The summed E-state index contributed by atoms with van der Waals surface area (Å²) in [7, 11) is 3.95. The fourth-order valence-electron chi connectivity index (χ4n) is 3.80. The average Bonchev–Trinajstić information content (AvgIpc) is 3.15. The Morgan fingerprint density at radius 1 is 1.31 bits per heavy atom. The van der Waals surface area contributed by atoms with E-state index in [1.807, 2.05) is 41.3 Å². The Balaban J connectivity index is 1.45. The molecule has 2 aliphatic heterocycles. The molecular weight excluding hydrogens is 346 g/mol. The first-order valence-corrected chi connectivity index (χ1v) is 10.1. The summed E-state index contributed by atoms with van der Waals surface area (Å²) in [6.45, 7) is 3.23. The molecule has 1 unspecified atom stereocenters. The molecule has 0 radical (unpaired) electrons. The van der Waals surface area contributed by atoms with Gasteiger partial charge in [-0.15, -0.1) is 11.3 Å². The molecule has 0 spiro atoms. The van der Waals surface area contributed by atoms with E-state index < -0.39 is 0 Å². The van der Waals surface area contributed by atoms with E-state index in [0.29, 0.717) is 6.54 Å². The van der Waals surface area contributed by atoms with Crippen LogP contribution < -0.4 is 9.80 Å². The first kappa shape index (κ1) is 17.3. The van der Waals surface area contributed by atoms with Crippen molar-refractivity contribution in [3.8, 4) is 0 Å². The number of fused-ring (bicyclic) bond motifs is 1. The van der Waals surface area contributed by atoms with Crippen LogP contribution in [0.3, 0.4) is 0 Å². The van der Waals surface area contributed by atoms with Crippen molar-refractivity contribution in [2.45, 2.75) is 25.8 Å². The summed E-state index contributed by atoms with van der Waals surface area (Å²) in [5.74, 6) is 1.95. The van der Waals surface area contributed by atoms with Gasteiger partial charge < -0.3 is 14.7 Å². The molecule has 7 heteroatoms. The molecule has 26 heavy (non-hydrogen) atoms. The van der Waals surface area contributed by atoms with E-state index in [1.54, 1.807) is 6.20 Å². The van der Waals surface area contributed by atoms with Crippen molar-refractivity contribution in [3.05, 3.63) is 34.2 Å². The molecule has 0 aliphatic carbocycles. The summed E-state index contributed by atoms with van der Waals surface area (Å²) in [6, 6.07) is 4.06. The number of carbonyl (C=O) groups is 1. The van der Waals surface area contributed by atoms with E-state index in [9.17, 15) is 4.79 Å². The van der Waals surface area contributed by atoms with E-state index in [2.05, 4.69) is 26.3 Å². The number of amides is 1. The molecule has 0 bridgehead atoms. The lowest BCUT2D eigenvalue weighted by Gasteiger charge is -2.36. The number of aromatic nitrogens is 2. The van der Waals surface area contributed by atoms with Crippen LogP contribution in [-0.2, 0) is 17.8 Å². The maximum Gasteiger partial charge on any atom is 0.227 e. The highest BCUT2D eigenvalue weighted by molar-refractivity contribution is 7.10. The number of hydrogen-bond acceptors (Lipinski definition) is 6. The zero-order valence-electron chi connectivity index (χ0n) is 15.4. The fraction of sp³-hybridized carbons (Fsp3) is 0.526. The second kappa shape index (κ2) is 7.23. The van der Waals surface area contributed by atoms with Crippen molar-refractivity contribution in [1.82, 2.24) is 14.9 Å². The third kappa shape index (κ3) is 3.40. The first-order chi connectivity index (χ1) is 12.6. The van der Waals surface area contributed by atoms with Crippen molar-refractivity contribution in [2.24, 2.45) is 5.92 Å². The normalized spacial score (nSPS) is 20.0. The zero-order chi connectivity index (χ0) is 18.1. The van der Waals surface area contributed by atoms with Crippen molar-refractivity contribution in [2.75, 3.05) is 43.5 Å². The quantitative estimate of drug-likeness (QED) is 0.829. The lowest BCUT2D eigenvalue weighted by atomic mass is 9.95. The van der Waals surface area contributed by atoms with E-state index in [4.69, 9.17) is 0 Å². The van der Waals surface area contributed by atoms with E-state index in [-0.39, 0.29) is 11.8 Å². The van der Waals surface area contributed by atoms with Crippen LogP contribution in [0.2, 0.25) is 0 Å². The Bertz CT molecular complexity index is 790. The van der Waals surface area contributed by atoms with Crippen LogP contribution in [0.5, 0.6) is 0 Å². The van der Waals surface area contributed by atoms with Crippen LogP contribution in [0.15, 0.2) is 23.7 Å². The zero-order valence-corrected chi connectivity index (χ0v) is 16.2. The second-order valence-corrected chi connectivity index (χ2v) is 8.27. The van der Waals surface area contributed by atoms with Crippen LogP contribution in [0.1, 0.15) is 23.3 Å². The van der Waals surface area contributed by atoms with Gasteiger partial charge in [0.05, 0.1) is 5.92 Å². The molecule has 6 nitrogen and oxygen atoms in total. The number of anilines is 2. The van der Waals surface area contributed by atoms with E-state index in [1.165, 1.54) is 10.4 Å². The van der Waals surface area contributed by atoms with Gasteiger partial charge in [0.2, 0.25) is 11.9 Å². The molecule has 1 atom stereocenters. The Kier molecular flexibility index (Phi) is 4.80. The summed E-state index contributed by atoms with van der Waals surface area (Å²) in [4.78, 5) is 29.8. The highest BCUT2D eigenvalue weighted by Crippen LogP contribution is 2.28. The maximum absolute atomic E-state index is 13.1. The van der Waals surface area contributed by atoms with E-state index in [0.717, 1.165) is 50.7 Å². The molecule has 138 valence electrons. The highest BCUT2D eigenvalue weighted by atomic mass is 32.1. The lowest BCUT2D eigenvalue weighted by Crippen LogP contribution is -2.46. The first-order valence-electron chi connectivity index (χ1n) is 9.21. The minimum atomic E-state index is 0.0375. The number of hydrogen-bond donors (Lipinski definition) is 0. The SMILES string of the molecule is CN(C)c1ccnc(N2CCCC(C(=O)N3CCc4sccc4C3)C2)n1. The van der Waals surface area contributed by atoms with Gasteiger partial charge in [0, 0.05) is 51.3 Å². The van der Waals surface area contributed by atoms with Gasteiger partial charge in [0.15, 0.2) is 0 Å². The second-order valence-electron chi connectivity index (χ2n) is 7.27. The Hall–Kier alpha value is -2.15. The molecule has 4 heterocycles. The van der Waals surface area contributed by atoms with Gasteiger partial charge in [-0.2, -0.15) is 4.98 Å². The number of piperidine rings is 1. The minimum absolute atomic E-state index is 0.0375. The van der Waals surface area contributed by atoms with Crippen molar-refractivity contribution < 1.29 is 4.79 Å². The Labute approximate surface area is 158 Å². The van der Waals surface area contributed by atoms with E-state index >= 15 is 0 Å². The number of thiophene rings is 1. The summed E-state index contributed by atoms with van der Waals surface area (Å²) in [5.41, 5.74) is 1.32. The van der Waals surface area contributed by atoms with Crippen molar-refractivity contribution in [3.63, 3.8) is 0 Å². The molecule has 1 amide bonds. The van der Waals surface area contributed by atoms with Gasteiger partial charge in [-0.1, -0.05) is 0 Å². The van der Waals surface area contributed by atoms with Gasteiger partial charge in [0.1, 0.15) is 5.82 Å². The minimum Gasteiger partial charge on any atom is -0.363 e. The average molecular weight is 372 g/mol. The maximum atomic E-state index is 13.1. The van der Waals surface area contributed by atoms with Crippen LogP contribution >= 0.6 is 11.3 Å². The Morgan fingerprint density at radius 2 is 2.19 bits per heavy atom. The summed E-state index contributed by atoms with van der Waals surface area (Å²) < 4.78 is 0. The summed E-state index contributed by atoms with van der Waals surface area (Å²) >= 11 is 1.81. The highest BCUT2D eigenvalue weighted by Gasteiger charge is 2.32. The fourth-order valence-corrected chi connectivity index (χ4v) is 4.69. The van der Waals surface area contributed by atoms with Crippen LogP contribution in [-0.4, -0.2) is 54.5 Å². The van der Waals surface area contributed by atoms with Crippen molar-refractivity contribution >= 4 is 29.0 Å². The van der Waals surface area contributed by atoms with Gasteiger partial charge in [0.25, 0.3) is 0 Å². The third-order valence-corrected chi connectivity index (χ3v) is 6.28. The number of rotatable bonds is 3. The Morgan fingerprint density at radius 3 is 3.04 bits per heavy atom. The molecule has 4 rings (SSSR count). The lowest BCUT2D eigenvalue weighted by molar-refractivity contribution is -0.136. The summed E-state index contributed by atoms with van der Waals surface area (Å²) in [5, 5.41) is 2.13. The molecule has 0 N–H and O–H groups in total. The predicted molar refractivity (Wildman–Crippen MR) is 105 cm³/mol. The van der Waals surface area contributed by atoms with Crippen LogP contribution in [0.25, 0.3) is 0 Å². The molecule has 2 aromatic heterocycles. The van der Waals surface area contributed by atoms with Gasteiger partial charge in [-0.25, -0.2) is 4.98 Å². The molecule has 0 saturated carbocycles. The molecular formula is C19H25N5OS. The molecule has 1 saturated heterocycles. The van der Waals surface area contributed by atoms with Gasteiger partial charge >= 0.3 is 0 Å². The van der Waals surface area contributed by atoms with Gasteiger partial charge in [-0.3, -0.25) is 4.79 Å². The monoisotopic (exact) mass is 371 g/mol. The summed E-state index contributed by atoms with van der Waals surface area (Å²) in [6.07, 6.45) is 4.74.